The Labute approximate surface area is 144 Å². The average Bonchev–Trinajstić information content (AvgIpc) is 2.55. The number of carbonyl (C=O) groups excluding carboxylic acids is 1. The molecule has 1 aromatic rings. The van der Waals surface area contributed by atoms with E-state index in [0.29, 0.717) is 6.54 Å². The smallest absolute Gasteiger partial charge is 0.314 e. The first-order valence-corrected chi connectivity index (χ1v) is 8.44. The lowest BCUT2D eigenvalue weighted by Crippen LogP contribution is -2.49. The minimum Gasteiger partial charge on any atom is -0.481 e. The van der Waals surface area contributed by atoms with Gasteiger partial charge in [0.05, 0.1) is 6.04 Å². The van der Waals surface area contributed by atoms with Gasteiger partial charge in [-0.3, -0.25) is 14.5 Å². The van der Waals surface area contributed by atoms with Gasteiger partial charge in [-0.1, -0.05) is 57.5 Å². The van der Waals surface area contributed by atoms with E-state index in [2.05, 4.69) is 0 Å². The number of Topliss-reactive ketones (excluding diaryl/α,β-unsaturated/α-hetero) is 1. The minimum atomic E-state index is -1.19. The highest BCUT2D eigenvalue weighted by molar-refractivity contribution is 6.01. The SMILES string of the molecule is CC[C@H](C)[C@@H](C(=O)C(C(=O)O)C(C)CO)N(C)Cc1ccccc1. The van der Waals surface area contributed by atoms with Gasteiger partial charge in [-0.2, -0.15) is 0 Å². The zero-order chi connectivity index (χ0) is 18.3. The van der Waals surface area contributed by atoms with Crippen molar-refractivity contribution in [2.75, 3.05) is 13.7 Å². The third-order valence-corrected chi connectivity index (χ3v) is 4.65. The third kappa shape index (κ3) is 5.14. The lowest BCUT2D eigenvalue weighted by atomic mass is 9.82. The molecule has 2 N–H and O–H groups in total. The summed E-state index contributed by atoms with van der Waals surface area (Å²) >= 11 is 0. The maximum Gasteiger partial charge on any atom is 0.314 e. The summed E-state index contributed by atoms with van der Waals surface area (Å²) in [5.41, 5.74) is 1.07. The molecule has 5 heteroatoms. The first-order chi connectivity index (χ1) is 11.3. The molecule has 0 spiro atoms. The summed E-state index contributed by atoms with van der Waals surface area (Å²) in [6, 6.07) is 9.29. The molecular weight excluding hydrogens is 306 g/mol. The summed E-state index contributed by atoms with van der Waals surface area (Å²) in [6.07, 6.45) is 0.773. The fourth-order valence-corrected chi connectivity index (χ4v) is 3.06. The van der Waals surface area contributed by atoms with E-state index in [1.807, 2.05) is 56.1 Å². The van der Waals surface area contributed by atoms with Crippen LogP contribution in [0.15, 0.2) is 30.3 Å². The second kappa shape index (κ2) is 9.55. The first-order valence-electron chi connectivity index (χ1n) is 8.44. The molecule has 0 radical (unpaired) electrons. The number of hydrogen-bond acceptors (Lipinski definition) is 4. The number of likely N-dealkylation sites (N-methyl/N-ethyl adjacent to an activating group) is 1. The molecule has 0 aromatic heterocycles. The summed E-state index contributed by atoms with van der Waals surface area (Å²) in [6.45, 7) is 5.81. The Kier molecular flexibility index (Phi) is 8.08. The number of aliphatic hydroxyl groups is 1. The molecule has 2 unspecified atom stereocenters. The van der Waals surface area contributed by atoms with Gasteiger partial charge in [-0.05, 0) is 24.4 Å². The number of carbonyl (C=O) groups is 2. The normalized spacial score (nSPS) is 16.4. The van der Waals surface area contributed by atoms with Gasteiger partial charge in [0, 0.05) is 13.2 Å². The van der Waals surface area contributed by atoms with Crippen LogP contribution in [-0.4, -0.2) is 46.6 Å². The molecule has 0 fully saturated rings. The topological polar surface area (TPSA) is 77.8 Å². The van der Waals surface area contributed by atoms with Crippen LogP contribution in [-0.2, 0) is 16.1 Å². The number of ketones is 1. The molecule has 0 amide bonds. The van der Waals surface area contributed by atoms with Crippen molar-refractivity contribution in [3.05, 3.63) is 35.9 Å². The summed E-state index contributed by atoms with van der Waals surface area (Å²) in [5, 5.41) is 18.8. The van der Waals surface area contributed by atoms with E-state index in [4.69, 9.17) is 0 Å². The van der Waals surface area contributed by atoms with E-state index in [1.54, 1.807) is 6.92 Å². The average molecular weight is 335 g/mol. The zero-order valence-corrected chi connectivity index (χ0v) is 15.0. The van der Waals surface area contributed by atoms with Crippen LogP contribution in [0.3, 0.4) is 0 Å². The Hall–Kier alpha value is -1.72. The van der Waals surface area contributed by atoms with E-state index in [0.717, 1.165) is 12.0 Å². The number of hydrogen-bond donors (Lipinski definition) is 2. The Morgan fingerprint density at radius 2 is 1.71 bits per heavy atom. The third-order valence-electron chi connectivity index (χ3n) is 4.65. The molecule has 134 valence electrons. The van der Waals surface area contributed by atoms with Crippen molar-refractivity contribution in [3.63, 3.8) is 0 Å². The summed E-state index contributed by atoms with van der Waals surface area (Å²) < 4.78 is 0. The Morgan fingerprint density at radius 3 is 2.17 bits per heavy atom. The molecule has 1 aromatic carbocycles. The van der Waals surface area contributed by atoms with Crippen LogP contribution < -0.4 is 0 Å². The van der Waals surface area contributed by atoms with E-state index >= 15 is 0 Å². The van der Waals surface area contributed by atoms with Crippen LogP contribution >= 0.6 is 0 Å². The number of nitrogens with zero attached hydrogens (tertiary/aromatic N) is 1. The molecule has 0 saturated carbocycles. The fraction of sp³-hybridized carbons (Fsp3) is 0.579. The van der Waals surface area contributed by atoms with E-state index in [1.165, 1.54) is 0 Å². The number of benzene rings is 1. The number of carboxylic acid groups (broad SMARTS) is 1. The van der Waals surface area contributed by atoms with Gasteiger partial charge in [0.15, 0.2) is 5.78 Å². The predicted octanol–water partition coefficient (Wildman–Crippen LogP) is 2.43. The van der Waals surface area contributed by atoms with Crippen molar-refractivity contribution in [2.24, 2.45) is 17.8 Å². The molecule has 0 aliphatic carbocycles. The van der Waals surface area contributed by atoms with E-state index in [9.17, 15) is 19.8 Å². The monoisotopic (exact) mass is 335 g/mol. The predicted molar refractivity (Wildman–Crippen MR) is 93.5 cm³/mol. The van der Waals surface area contributed by atoms with Gasteiger partial charge < -0.3 is 10.2 Å². The van der Waals surface area contributed by atoms with Crippen molar-refractivity contribution >= 4 is 11.8 Å². The fourth-order valence-electron chi connectivity index (χ4n) is 3.06. The van der Waals surface area contributed by atoms with Gasteiger partial charge in [0.25, 0.3) is 0 Å². The van der Waals surface area contributed by atoms with Gasteiger partial charge in [0.2, 0.25) is 0 Å². The molecule has 0 aliphatic heterocycles. The summed E-state index contributed by atoms with van der Waals surface area (Å²) in [4.78, 5) is 26.5. The molecule has 1 rings (SSSR count). The molecule has 4 atom stereocenters. The molecule has 0 bridgehead atoms. The maximum atomic E-state index is 13.0. The van der Waals surface area contributed by atoms with Crippen LogP contribution in [0.5, 0.6) is 0 Å². The molecule has 0 saturated heterocycles. The highest BCUT2D eigenvalue weighted by atomic mass is 16.4. The second-order valence-electron chi connectivity index (χ2n) is 6.61. The minimum absolute atomic E-state index is 0.0268. The standard InChI is InChI=1S/C19H29NO4/c1-5-13(2)17(18(22)16(19(23)24)14(3)12-21)20(4)11-15-9-7-6-8-10-15/h6-10,13-14,16-17,21H,5,11-12H2,1-4H3,(H,23,24)/t13-,14?,16?,17-/m0/s1. The van der Waals surface area contributed by atoms with Gasteiger partial charge in [-0.15, -0.1) is 0 Å². The van der Waals surface area contributed by atoms with E-state index < -0.39 is 23.8 Å². The lowest BCUT2D eigenvalue weighted by Gasteiger charge is -2.34. The number of aliphatic hydroxyl groups excluding tert-OH is 1. The largest absolute Gasteiger partial charge is 0.481 e. The molecule has 5 nitrogen and oxygen atoms in total. The summed E-state index contributed by atoms with van der Waals surface area (Å²) in [7, 11) is 1.85. The quantitative estimate of drug-likeness (QED) is 0.642. The highest BCUT2D eigenvalue weighted by Crippen LogP contribution is 2.24. The lowest BCUT2D eigenvalue weighted by molar-refractivity contribution is -0.151. The highest BCUT2D eigenvalue weighted by Gasteiger charge is 2.39. The Balaban J connectivity index is 3.06. The number of carboxylic acids is 1. The second-order valence-corrected chi connectivity index (χ2v) is 6.61. The molecule has 0 aliphatic rings. The molecular formula is C19H29NO4. The van der Waals surface area contributed by atoms with Gasteiger partial charge in [-0.25, -0.2) is 0 Å². The molecule has 24 heavy (non-hydrogen) atoms. The Morgan fingerprint density at radius 1 is 1.12 bits per heavy atom. The van der Waals surface area contributed by atoms with Crippen LogP contribution in [0.4, 0.5) is 0 Å². The van der Waals surface area contributed by atoms with E-state index in [-0.39, 0.29) is 18.3 Å². The van der Waals surface area contributed by atoms with Crippen molar-refractivity contribution in [2.45, 2.75) is 39.8 Å². The van der Waals surface area contributed by atoms with Crippen LogP contribution in [0, 0.1) is 17.8 Å². The maximum absolute atomic E-state index is 13.0. The van der Waals surface area contributed by atoms with Crippen molar-refractivity contribution in [3.8, 4) is 0 Å². The number of aliphatic carboxylic acids is 1. The van der Waals surface area contributed by atoms with Crippen LogP contribution in [0.25, 0.3) is 0 Å². The van der Waals surface area contributed by atoms with Gasteiger partial charge >= 0.3 is 5.97 Å². The van der Waals surface area contributed by atoms with Crippen molar-refractivity contribution in [1.82, 2.24) is 4.90 Å². The zero-order valence-electron chi connectivity index (χ0n) is 15.0. The number of rotatable bonds is 10. The molecule has 0 heterocycles. The van der Waals surface area contributed by atoms with Crippen molar-refractivity contribution in [1.29, 1.82) is 0 Å². The first kappa shape index (κ1) is 20.3. The van der Waals surface area contributed by atoms with Gasteiger partial charge in [0.1, 0.15) is 5.92 Å². The van der Waals surface area contributed by atoms with Crippen LogP contribution in [0.2, 0.25) is 0 Å². The summed E-state index contributed by atoms with van der Waals surface area (Å²) in [5.74, 6) is -3.25. The Bertz CT molecular complexity index is 531. The van der Waals surface area contributed by atoms with Crippen molar-refractivity contribution < 1.29 is 19.8 Å². The van der Waals surface area contributed by atoms with Crippen LogP contribution in [0.1, 0.15) is 32.8 Å².